The number of hydrogen-bond donors (Lipinski definition) is 2. The third kappa shape index (κ3) is 9.17. The molecule has 1 amide bonds. The van der Waals surface area contributed by atoms with Crippen LogP contribution in [0.25, 0.3) is 0 Å². The molecule has 0 aliphatic rings. The van der Waals surface area contributed by atoms with Gasteiger partial charge in [0.1, 0.15) is 18.5 Å². The number of aliphatic hydroxyl groups excluding tert-OH is 1. The maximum absolute atomic E-state index is 12.4. The molecule has 1 atom stereocenters. The Balaban J connectivity index is 1.80. The van der Waals surface area contributed by atoms with Gasteiger partial charge in [-0.3, -0.25) is 4.79 Å². The monoisotopic (exact) mass is 485 g/mol. The van der Waals surface area contributed by atoms with Gasteiger partial charge in [0, 0.05) is 24.5 Å². The quantitative estimate of drug-likeness (QED) is 0.448. The first kappa shape index (κ1) is 26.1. The fraction of sp³-hybridized carbons (Fsp3) is 0.409. The van der Waals surface area contributed by atoms with E-state index in [0.717, 1.165) is 0 Å². The summed E-state index contributed by atoms with van der Waals surface area (Å²) in [6.45, 7) is 2.69. The van der Waals surface area contributed by atoms with Crippen molar-refractivity contribution in [3.63, 3.8) is 0 Å². The van der Waals surface area contributed by atoms with Crippen molar-refractivity contribution < 1.29 is 31.4 Å². The molecule has 2 N–H and O–H groups in total. The van der Waals surface area contributed by atoms with E-state index in [1.807, 2.05) is 6.92 Å². The van der Waals surface area contributed by atoms with Crippen molar-refractivity contribution in [2.75, 3.05) is 43.4 Å². The number of rotatable bonds is 13. The second kappa shape index (κ2) is 12.2. The zero-order chi connectivity index (χ0) is 23.6. The highest BCUT2D eigenvalue weighted by Crippen LogP contribution is 2.44. The fourth-order valence-electron chi connectivity index (χ4n) is 2.59. The number of aliphatic hydroxyl groups is 1. The summed E-state index contributed by atoms with van der Waals surface area (Å²) in [6, 6.07) is 14.7. The number of benzene rings is 2. The van der Waals surface area contributed by atoms with E-state index in [1.54, 1.807) is 55.0 Å². The predicted octanol–water partition coefficient (Wildman–Crippen LogP) is 3.18. The van der Waals surface area contributed by atoms with Crippen LogP contribution < -0.4 is 10.1 Å². The molecule has 10 heteroatoms. The van der Waals surface area contributed by atoms with E-state index < -0.39 is 26.5 Å². The molecule has 0 aliphatic heterocycles. The maximum Gasteiger partial charge on any atom is 0.306 e. The lowest BCUT2D eigenvalue weighted by molar-refractivity contribution is -0.115. The van der Waals surface area contributed by atoms with Crippen LogP contribution in [-0.2, 0) is 23.3 Å². The van der Waals surface area contributed by atoms with Gasteiger partial charge in [-0.05, 0) is 55.8 Å². The zero-order valence-electron chi connectivity index (χ0n) is 18.5. The van der Waals surface area contributed by atoms with Gasteiger partial charge < -0.3 is 19.9 Å². The van der Waals surface area contributed by atoms with E-state index in [0.29, 0.717) is 23.8 Å². The van der Waals surface area contributed by atoms with E-state index in [9.17, 15) is 18.3 Å². The standard InChI is InChI=1S/C22H31NO7S2/c1-4-28-16-19(24)17-29-20-12-10-18(11-13-20)23-22(25)14-15-31(2,3)30-32(26,27)21-8-6-5-7-9-21/h5-13,19,24H,4,14-17H2,1-3H3,(H,23,25). The number of anilines is 1. The smallest absolute Gasteiger partial charge is 0.306 e. The first-order chi connectivity index (χ1) is 15.1. The lowest BCUT2D eigenvalue weighted by Crippen LogP contribution is -2.23. The Morgan fingerprint density at radius 1 is 1.03 bits per heavy atom. The number of ether oxygens (including phenoxy) is 2. The van der Waals surface area contributed by atoms with Crippen LogP contribution in [0.3, 0.4) is 0 Å². The van der Waals surface area contributed by atoms with Crippen LogP contribution >= 0.6 is 10.3 Å². The second-order valence-electron chi connectivity index (χ2n) is 7.42. The summed E-state index contributed by atoms with van der Waals surface area (Å²) >= 11 is 0. The average Bonchev–Trinajstić information content (AvgIpc) is 2.76. The van der Waals surface area contributed by atoms with Gasteiger partial charge in [-0.2, -0.15) is 8.42 Å². The van der Waals surface area contributed by atoms with E-state index in [4.69, 9.17) is 13.1 Å². The van der Waals surface area contributed by atoms with Crippen LogP contribution in [0.15, 0.2) is 59.5 Å². The molecule has 0 bridgehead atoms. The molecule has 0 spiro atoms. The van der Waals surface area contributed by atoms with Crippen molar-refractivity contribution in [1.29, 1.82) is 0 Å². The summed E-state index contributed by atoms with van der Waals surface area (Å²) < 4.78 is 40.9. The van der Waals surface area contributed by atoms with Crippen molar-refractivity contribution in [2.24, 2.45) is 0 Å². The Morgan fingerprint density at radius 3 is 2.31 bits per heavy atom. The highest BCUT2D eigenvalue weighted by molar-refractivity contribution is 8.32. The van der Waals surface area contributed by atoms with E-state index in [-0.39, 0.29) is 30.4 Å². The van der Waals surface area contributed by atoms with Crippen LogP contribution in [0.4, 0.5) is 5.69 Å². The molecule has 32 heavy (non-hydrogen) atoms. The average molecular weight is 486 g/mol. The van der Waals surface area contributed by atoms with Gasteiger partial charge in [0.15, 0.2) is 0 Å². The van der Waals surface area contributed by atoms with Gasteiger partial charge in [-0.1, -0.05) is 18.2 Å². The minimum absolute atomic E-state index is 0.0951. The van der Waals surface area contributed by atoms with Crippen LogP contribution in [0.5, 0.6) is 5.75 Å². The van der Waals surface area contributed by atoms with Crippen molar-refractivity contribution in [3.8, 4) is 5.75 Å². The highest BCUT2D eigenvalue weighted by Gasteiger charge is 2.25. The first-order valence-corrected chi connectivity index (χ1v) is 14.1. The number of hydrogen-bond acceptors (Lipinski definition) is 7. The largest absolute Gasteiger partial charge is 0.491 e. The van der Waals surface area contributed by atoms with Crippen LogP contribution in [0.2, 0.25) is 0 Å². The lowest BCUT2D eigenvalue weighted by atomic mass is 10.3. The minimum Gasteiger partial charge on any atom is -0.491 e. The Hall–Kier alpha value is -2.11. The zero-order valence-corrected chi connectivity index (χ0v) is 20.2. The van der Waals surface area contributed by atoms with Crippen molar-refractivity contribution in [1.82, 2.24) is 0 Å². The van der Waals surface area contributed by atoms with Crippen LogP contribution in [-0.4, -0.2) is 63.6 Å². The molecule has 0 saturated carbocycles. The topological polar surface area (TPSA) is 111 Å². The molecule has 0 aliphatic carbocycles. The van der Waals surface area contributed by atoms with Crippen LogP contribution in [0, 0.1) is 0 Å². The molecule has 178 valence electrons. The summed E-state index contributed by atoms with van der Waals surface area (Å²) in [6.07, 6.45) is 2.84. The normalized spacial score (nSPS) is 13.4. The number of amides is 1. The van der Waals surface area contributed by atoms with Crippen molar-refractivity contribution in [2.45, 2.75) is 24.3 Å². The fourth-order valence-corrected chi connectivity index (χ4v) is 6.29. The Bertz CT molecular complexity index is 948. The third-order valence-electron chi connectivity index (χ3n) is 4.22. The Morgan fingerprint density at radius 2 is 1.69 bits per heavy atom. The molecular weight excluding hydrogens is 454 g/mol. The molecule has 0 radical (unpaired) electrons. The van der Waals surface area contributed by atoms with Gasteiger partial charge in [0.2, 0.25) is 5.91 Å². The molecular formula is C22H31NO7S2. The Labute approximate surface area is 191 Å². The summed E-state index contributed by atoms with van der Waals surface area (Å²) in [5, 5.41) is 12.5. The molecule has 2 aromatic carbocycles. The highest BCUT2D eigenvalue weighted by atomic mass is 32.3. The molecule has 2 aromatic rings. The molecule has 0 aromatic heterocycles. The molecule has 8 nitrogen and oxygen atoms in total. The van der Waals surface area contributed by atoms with Gasteiger partial charge in [0.25, 0.3) is 0 Å². The van der Waals surface area contributed by atoms with E-state index in [1.165, 1.54) is 12.1 Å². The van der Waals surface area contributed by atoms with E-state index in [2.05, 4.69) is 5.32 Å². The van der Waals surface area contributed by atoms with Gasteiger partial charge in [0.05, 0.1) is 11.5 Å². The van der Waals surface area contributed by atoms with E-state index >= 15 is 0 Å². The first-order valence-electron chi connectivity index (χ1n) is 10.1. The lowest BCUT2D eigenvalue weighted by Gasteiger charge is -2.29. The predicted molar refractivity (Wildman–Crippen MR) is 127 cm³/mol. The number of carbonyl (C=O) groups is 1. The summed E-state index contributed by atoms with van der Waals surface area (Å²) in [5.74, 6) is 0.611. The minimum atomic E-state index is -3.88. The molecule has 0 fully saturated rings. The van der Waals surface area contributed by atoms with Gasteiger partial charge >= 0.3 is 10.1 Å². The second-order valence-corrected chi connectivity index (χ2v) is 12.6. The van der Waals surface area contributed by atoms with Crippen molar-refractivity contribution in [3.05, 3.63) is 54.6 Å². The van der Waals surface area contributed by atoms with Crippen molar-refractivity contribution >= 4 is 32.0 Å². The molecule has 0 heterocycles. The number of carbonyl (C=O) groups excluding carboxylic acids is 1. The molecule has 0 saturated heterocycles. The molecule has 2 rings (SSSR count). The third-order valence-corrected chi connectivity index (χ3v) is 8.45. The number of nitrogens with one attached hydrogen (secondary N) is 1. The van der Waals surface area contributed by atoms with Crippen LogP contribution in [0.1, 0.15) is 13.3 Å². The maximum atomic E-state index is 12.4. The summed E-state index contributed by atoms with van der Waals surface area (Å²) in [4.78, 5) is 12.4. The van der Waals surface area contributed by atoms with Gasteiger partial charge in [-0.25, -0.2) is 3.63 Å². The SMILES string of the molecule is CCOCC(O)COc1ccc(NC(=O)CCS(C)(C)OS(=O)(=O)c2ccccc2)cc1. The molecule has 1 unspecified atom stereocenters. The summed E-state index contributed by atoms with van der Waals surface area (Å²) in [5.41, 5.74) is 0.586. The summed E-state index contributed by atoms with van der Waals surface area (Å²) in [7, 11) is -5.89. The van der Waals surface area contributed by atoms with Gasteiger partial charge in [-0.15, -0.1) is 10.3 Å². The Kier molecular flexibility index (Phi) is 9.98.